The Balaban J connectivity index is 1.80. The van der Waals surface area contributed by atoms with Gasteiger partial charge in [0.1, 0.15) is 11.7 Å². The van der Waals surface area contributed by atoms with Gasteiger partial charge in [-0.2, -0.15) is 0 Å². The molecule has 2 heterocycles. The third-order valence-electron chi connectivity index (χ3n) is 6.23. The van der Waals surface area contributed by atoms with Gasteiger partial charge in [-0.15, -0.1) is 0 Å². The van der Waals surface area contributed by atoms with Crippen LogP contribution in [0.4, 0.5) is 0 Å². The topological polar surface area (TPSA) is 38.8 Å². The van der Waals surface area contributed by atoms with Crippen LogP contribution in [0, 0.1) is 11.3 Å². The van der Waals surface area contributed by atoms with E-state index in [2.05, 4.69) is 20.4 Å². The fraction of sp³-hybridized carbons (Fsp3) is 0.800. The van der Waals surface area contributed by atoms with Gasteiger partial charge < -0.3 is 9.47 Å². The second kappa shape index (κ2) is 2.84. The standard InChI is InChI=1S/C15H20O3/c1-9-10-7-11(17-12(9)16)13(2)5-4-6-14(3)15(13,8-10)18-14/h10-11H,1,4-8H2,2-3H3/t10-,11+,13-,14-,15+/m1/s1. The zero-order chi connectivity index (χ0) is 12.8. The number of fused-ring (bicyclic) bond motifs is 3. The Morgan fingerprint density at radius 2 is 2.11 bits per heavy atom. The first-order valence-electron chi connectivity index (χ1n) is 7.02. The van der Waals surface area contributed by atoms with Gasteiger partial charge in [0.15, 0.2) is 0 Å². The van der Waals surface area contributed by atoms with Crippen molar-refractivity contribution in [3.05, 3.63) is 12.2 Å². The summed E-state index contributed by atoms with van der Waals surface area (Å²) in [7, 11) is 0. The molecule has 0 unspecified atom stereocenters. The summed E-state index contributed by atoms with van der Waals surface area (Å²) in [4.78, 5) is 11.9. The molecular formula is C15H20O3. The molecule has 18 heavy (non-hydrogen) atoms. The Hall–Kier alpha value is -0.830. The van der Waals surface area contributed by atoms with E-state index < -0.39 is 0 Å². The highest BCUT2D eigenvalue weighted by Gasteiger charge is 2.80. The van der Waals surface area contributed by atoms with E-state index >= 15 is 0 Å². The molecule has 3 nitrogen and oxygen atoms in total. The van der Waals surface area contributed by atoms with Gasteiger partial charge in [-0.1, -0.05) is 13.5 Å². The van der Waals surface area contributed by atoms with Crippen molar-refractivity contribution in [3.8, 4) is 0 Å². The number of hydrogen-bond acceptors (Lipinski definition) is 3. The first-order chi connectivity index (χ1) is 8.42. The number of ether oxygens (including phenoxy) is 2. The minimum Gasteiger partial charge on any atom is -0.458 e. The average molecular weight is 248 g/mol. The van der Waals surface area contributed by atoms with Crippen molar-refractivity contribution in [1.82, 2.24) is 0 Å². The average Bonchev–Trinajstić information content (AvgIpc) is 2.91. The highest BCUT2D eigenvalue weighted by molar-refractivity contribution is 5.89. The highest BCUT2D eigenvalue weighted by atomic mass is 16.6. The molecule has 2 aliphatic carbocycles. The maximum Gasteiger partial charge on any atom is 0.333 e. The summed E-state index contributed by atoms with van der Waals surface area (Å²) in [6.07, 6.45) is 5.36. The molecule has 1 spiro atoms. The van der Waals surface area contributed by atoms with E-state index in [-0.39, 0.29) is 34.6 Å². The van der Waals surface area contributed by atoms with Gasteiger partial charge in [0.2, 0.25) is 0 Å². The molecule has 2 saturated carbocycles. The maximum absolute atomic E-state index is 11.9. The van der Waals surface area contributed by atoms with Gasteiger partial charge in [-0.25, -0.2) is 4.79 Å². The van der Waals surface area contributed by atoms with Crippen molar-refractivity contribution in [2.45, 2.75) is 63.3 Å². The summed E-state index contributed by atoms with van der Waals surface area (Å²) in [6.45, 7) is 8.41. The molecular weight excluding hydrogens is 228 g/mol. The van der Waals surface area contributed by atoms with Crippen LogP contribution in [0.3, 0.4) is 0 Å². The molecule has 0 radical (unpaired) electrons. The van der Waals surface area contributed by atoms with Crippen LogP contribution in [-0.4, -0.2) is 23.3 Å². The number of hydrogen-bond donors (Lipinski definition) is 0. The van der Waals surface area contributed by atoms with Crippen LogP contribution < -0.4 is 0 Å². The van der Waals surface area contributed by atoms with Crippen LogP contribution in [0.15, 0.2) is 12.2 Å². The van der Waals surface area contributed by atoms with E-state index in [4.69, 9.17) is 9.47 Å². The molecule has 2 aliphatic heterocycles. The SMILES string of the molecule is C=C1C(=O)O[C@H]2C[C@@H]1C[C@@]13O[C@]1(C)CCC[C@]23C. The predicted molar refractivity (Wildman–Crippen MR) is 65.9 cm³/mol. The van der Waals surface area contributed by atoms with Crippen LogP contribution in [-0.2, 0) is 14.3 Å². The van der Waals surface area contributed by atoms with Crippen molar-refractivity contribution in [3.63, 3.8) is 0 Å². The fourth-order valence-electron chi connectivity index (χ4n) is 5.00. The molecule has 98 valence electrons. The molecule has 5 atom stereocenters. The van der Waals surface area contributed by atoms with Crippen molar-refractivity contribution in [2.24, 2.45) is 11.3 Å². The Kier molecular flexibility index (Phi) is 1.74. The van der Waals surface area contributed by atoms with Crippen molar-refractivity contribution >= 4 is 5.97 Å². The number of carbonyl (C=O) groups is 1. The summed E-state index contributed by atoms with van der Waals surface area (Å²) in [5, 5.41) is 0. The second-order valence-electron chi connectivity index (χ2n) is 6.99. The van der Waals surface area contributed by atoms with Crippen LogP contribution in [0.5, 0.6) is 0 Å². The Bertz CT molecular complexity index is 468. The zero-order valence-corrected chi connectivity index (χ0v) is 11.1. The van der Waals surface area contributed by atoms with Gasteiger partial charge in [-0.05, 0) is 44.9 Å². The number of carbonyl (C=O) groups excluding carboxylic acids is 1. The van der Waals surface area contributed by atoms with E-state index in [1.54, 1.807) is 0 Å². The monoisotopic (exact) mass is 248 g/mol. The number of rotatable bonds is 0. The molecule has 4 rings (SSSR count). The third-order valence-corrected chi connectivity index (χ3v) is 6.23. The number of esters is 1. The molecule has 2 saturated heterocycles. The van der Waals surface area contributed by atoms with E-state index in [0.717, 1.165) is 25.7 Å². The van der Waals surface area contributed by atoms with E-state index in [1.165, 1.54) is 6.42 Å². The first kappa shape index (κ1) is 11.0. The first-order valence-corrected chi connectivity index (χ1v) is 7.02. The summed E-state index contributed by atoms with van der Waals surface area (Å²) >= 11 is 0. The van der Waals surface area contributed by atoms with Gasteiger partial charge >= 0.3 is 5.97 Å². The second-order valence-corrected chi connectivity index (χ2v) is 6.99. The summed E-state index contributed by atoms with van der Waals surface area (Å²) in [5.74, 6) is 0.0875. The van der Waals surface area contributed by atoms with E-state index in [1.807, 2.05) is 0 Å². The van der Waals surface area contributed by atoms with Gasteiger partial charge in [0.25, 0.3) is 0 Å². The minimum absolute atomic E-state index is 0.00681. The zero-order valence-electron chi connectivity index (χ0n) is 11.1. The molecule has 0 aromatic carbocycles. The smallest absolute Gasteiger partial charge is 0.333 e. The largest absolute Gasteiger partial charge is 0.458 e. The van der Waals surface area contributed by atoms with Gasteiger partial charge in [0, 0.05) is 11.0 Å². The quantitative estimate of drug-likeness (QED) is 0.376. The molecule has 0 aromatic rings. The van der Waals surface area contributed by atoms with Crippen LogP contribution in [0.25, 0.3) is 0 Å². The lowest BCUT2D eigenvalue weighted by atomic mass is 9.52. The lowest BCUT2D eigenvalue weighted by Crippen LogP contribution is -2.59. The Morgan fingerprint density at radius 1 is 1.33 bits per heavy atom. The lowest BCUT2D eigenvalue weighted by Gasteiger charge is -2.53. The van der Waals surface area contributed by atoms with E-state index in [0.29, 0.717) is 5.57 Å². The molecule has 0 aromatic heterocycles. The van der Waals surface area contributed by atoms with Crippen molar-refractivity contribution in [2.75, 3.05) is 0 Å². The summed E-state index contributed by atoms with van der Waals surface area (Å²) in [5.41, 5.74) is 0.620. The molecule has 4 fully saturated rings. The van der Waals surface area contributed by atoms with Crippen molar-refractivity contribution < 1.29 is 14.3 Å². The summed E-state index contributed by atoms with van der Waals surface area (Å²) in [6, 6.07) is 0. The Labute approximate surface area is 108 Å². The lowest BCUT2D eigenvalue weighted by molar-refractivity contribution is -0.174. The fourth-order valence-corrected chi connectivity index (χ4v) is 5.00. The maximum atomic E-state index is 11.9. The normalized spacial score (nSPS) is 57.4. The molecule has 3 heteroatoms. The van der Waals surface area contributed by atoms with Crippen molar-refractivity contribution in [1.29, 1.82) is 0 Å². The minimum atomic E-state index is -0.180. The molecule has 0 amide bonds. The van der Waals surface area contributed by atoms with Gasteiger partial charge in [-0.3, -0.25) is 0 Å². The van der Waals surface area contributed by atoms with Crippen LogP contribution in [0.1, 0.15) is 46.0 Å². The Morgan fingerprint density at radius 3 is 2.89 bits per heavy atom. The number of epoxide rings is 1. The predicted octanol–water partition coefficient (Wildman–Crippen LogP) is 2.60. The summed E-state index contributed by atoms with van der Waals surface area (Å²) < 4.78 is 11.9. The van der Waals surface area contributed by atoms with E-state index in [9.17, 15) is 4.79 Å². The highest BCUT2D eigenvalue weighted by Crippen LogP contribution is 2.72. The third kappa shape index (κ3) is 0.965. The molecule has 2 bridgehead atoms. The van der Waals surface area contributed by atoms with Gasteiger partial charge in [0.05, 0.1) is 5.60 Å². The van der Waals surface area contributed by atoms with Crippen LogP contribution in [0.2, 0.25) is 0 Å². The molecule has 4 aliphatic rings. The molecule has 0 N–H and O–H groups in total. The van der Waals surface area contributed by atoms with Crippen LogP contribution >= 0.6 is 0 Å².